The monoisotopic (exact) mass is 483 g/mol. The molecule has 2 amide bonds. The third-order valence-electron chi connectivity index (χ3n) is 6.24. The second kappa shape index (κ2) is 8.95. The Bertz CT molecular complexity index is 1050. The van der Waals surface area contributed by atoms with Crippen molar-refractivity contribution in [1.29, 1.82) is 0 Å². The molecule has 2 aliphatic rings. The topological polar surface area (TPSA) is 52.7 Å². The molecule has 1 fully saturated rings. The number of nitrogens with one attached hydrogen (secondary N) is 1. The SMILES string of the molecule is O=C(CN1C(=O)C2(CCN(Cc3ccccc3)CC2)c2c1ccc(F)c2Cl)NCC(F)(F)F. The summed E-state index contributed by atoms with van der Waals surface area (Å²) in [4.78, 5) is 29.0. The third kappa shape index (κ3) is 4.70. The Morgan fingerprint density at radius 3 is 2.39 bits per heavy atom. The van der Waals surface area contributed by atoms with Crippen LogP contribution in [0.5, 0.6) is 0 Å². The standard InChI is InChI=1S/C23H22ClF4N3O2/c24-20-16(25)6-7-17-19(20)22(21(33)31(17)13-18(32)29-14-23(26,27)28)8-10-30(11-9-22)12-15-4-2-1-3-5-15/h1-7H,8-14H2,(H,29,32). The quantitative estimate of drug-likeness (QED) is 0.653. The molecule has 2 aromatic rings. The summed E-state index contributed by atoms with van der Waals surface area (Å²) in [7, 11) is 0. The maximum atomic E-state index is 14.4. The lowest BCUT2D eigenvalue weighted by Crippen LogP contribution is -2.50. The van der Waals surface area contributed by atoms with Gasteiger partial charge in [-0.3, -0.25) is 14.5 Å². The fraction of sp³-hybridized carbons (Fsp3) is 0.391. The molecule has 0 aromatic heterocycles. The summed E-state index contributed by atoms with van der Waals surface area (Å²) in [5.41, 5.74) is 0.590. The first-order valence-corrected chi connectivity index (χ1v) is 10.9. The number of anilines is 1. The number of amides is 2. The summed E-state index contributed by atoms with van der Waals surface area (Å²) < 4.78 is 51.8. The Kier molecular flexibility index (Phi) is 6.37. The molecule has 5 nitrogen and oxygen atoms in total. The van der Waals surface area contributed by atoms with Crippen molar-refractivity contribution in [3.8, 4) is 0 Å². The van der Waals surface area contributed by atoms with Gasteiger partial charge in [-0.05, 0) is 43.6 Å². The van der Waals surface area contributed by atoms with Crippen LogP contribution in [-0.2, 0) is 21.5 Å². The van der Waals surface area contributed by atoms with Gasteiger partial charge >= 0.3 is 6.18 Å². The zero-order valence-corrected chi connectivity index (χ0v) is 18.3. The van der Waals surface area contributed by atoms with Gasteiger partial charge in [-0.15, -0.1) is 0 Å². The second-order valence-corrected chi connectivity index (χ2v) is 8.76. The molecule has 10 heteroatoms. The van der Waals surface area contributed by atoms with Crippen molar-refractivity contribution >= 4 is 29.1 Å². The van der Waals surface area contributed by atoms with Crippen molar-refractivity contribution in [1.82, 2.24) is 10.2 Å². The number of halogens is 5. The minimum Gasteiger partial charge on any atom is -0.345 e. The summed E-state index contributed by atoms with van der Waals surface area (Å²) in [6, 6.07) is 12.3. The molecule has 0 unspecified atom stereocenters. The molecule has 2 aromatic carbocycles. The molecule has 0 atom stereocenters. The highest BCUT2D eigenvalue weighted by Crippen LogP contribution is 2.51. The number of hydrogen-bond donors (Lipinski definition) is 1. The lowest BCUT2D eigenvalue weighted by atomic mass is 9.73. The van der Waals surface area contributed by atoms with E-state index in [1.54, 1.807) is 5.32 Å². The van der Waals surface area contributed by atoms with Gasteiger partial charge in [-0.1, -0.05) is 41.9 Å². The molecular formula is C23H22ClF4N3O2. The van der Waals surface area contributed by atoms with E-state index >= 15 is 0 Å². The van der Waals surface area contributed by atoms with Crippen LogP contribution in [0.2, 0.25) is 5.02 Å². The normalized spacial score (nSPS) is 18.0. The lowest BCUT2D eigenvalue weighted by molar-refractivity contribution is -0.138. The largest absolute Gasteiger partial charge is 0.405 e. The minimum atomic E-state index is -4.57. The summed E-state index contributed by atoms with van der Waals surface area (Å²) in [5.74, 6) is -2.07. The van der Waals surface area contributed by atoms with E-state index in [-0.39, 0.29) is 10.7 Å². The van der Waals surface area contributed by atoms with E-state index < -0.39 is 42.3 Å². The third-order valence-corrected chi connectivity index (χ3v) is 6.61. The number of carbonyl (C=O) groups is 2. The van der Waals surface area contributed by atoms with Gasteiger partial charge in [0, 0.05) is 12.1 Å². The van der Waals surface area contributed by atoms with E-state index in [9.17, 15) is 27.2 Å². The Balaban J connectivity index is 1.56. The highest BCUT2D eigenvalue weighted by molar-refractivity contribution is 6.33. The minimum absolute atomic E-state index is 0.185. The first kappa shape index (κ1) is 23.5. The van der Waals surface area contributed by atoms with Gasteiger partial charge in [0.1, 0.15) is 18.9 Å². The van der Waals surface area contributed by atoms with E-state index in [4.69, 9.17) is 11.6 Å². The van der Waals surface area contributed by atoms with Crippen LogP contribution >= 0.6 is 11.6 Å². The van der Waals surface area contributed by atoms with Crippen molar-refractivity contribution in [3.63, 3.8) is 0 Å². The highest BCUT2D eigenvalue weighted by atomic mass is 35.5. The predicted molar refractivity (Wildman–Crippen MR) is 115 cm³/mol. The van der Waals surface area contributed by atoms with Crippen LogP contribution in [0.25, 0.3) is 0 Å². The summed E-state index contributed by atoms with van der Waals surface area (Å²) in [6.07, 6.45) is -3.85. The van der Waals surface area contributed by atoms with Gasteiger partial charge < -0.3 is 10.2 Å². The molecule has 33 heavy (non-hydrogen) atoms. The molecular weight excluding hydrogens is 462 g/mol. The van der Waals surface area contributed by atoms with Crippen molar-refractivity contribution in [2.75, 3.05) is 31.1 Å². The first-order valence-electron chi connectivity index (χ1n) is 10.5. The van der Waals surface area contributed by atoms with Crippen LogP contribution < -0.4 is 10.2 Å². The van der Waals surface area contributed by atoms with Gasteiger partial charge in [-0.2, -0.15) is 13.2 Å². The maximum absolute atomic E-state index is 14.4. The Hall–Kier alpha value is -2.65. The van der Waals surface area contributed by atoms with Crippen molar-refractivity contribution in [2.45, 2.75) is 31.0 Å². The number of alkyl halides is 3. The van der Waals surface area contributed by atoms with Gasteiger partial charge in [-0.25, -0.2) is 4.39 Å². The fourth-order valence-corrected chi connectivity index (χ4v) is 4.99. The average Bonchev–Trinajstić information content (AvgIpc) is 3.00. The number of nitrogens with zero attached hydrogens (tertiary/aromatic N) is 2. The van der Waals surface area contributed by atoms with Crippen LogP contribution in [0.15, 0.2) is 42.5 Å². The molecule has 1 spiro atoms. The van der Waals surface area contributed by atoms with Gasteiger partial charge in [0.2, 0.25) is 11.8 Å². The van der Waals surface area contributed by atoms with E-state index in [2.05, 4.69) is 4.90 Å². The van der Waals surface area contributed by atoms with E-state index in [0.717, 1.165) is 16.5 Å². The molecule has 0 bridgehead atoms. The van der Waals surface area contributed by atoms with Crippen molar-refractivity contribution in [3.05, 3.63) is 64.4 Å². The number of hydrogen-bond acceptors (Lipinski definition) is 3. The highest BCUT2D eigenvalue weighted by Gasteiger charge is 2.54. The van der Waals surface area contributed by atoms with E-state index in [1.165, 1.54) is 6.07 Å². The Labute approximate surface area is 193 Å². The molecule has 1 saturated heterocycles. The molecule has 2 heterocycles. The molecule has 4 rings (SSSR count). The van der Waals surface area contributed by atoms with Crippen molar-refractivity contribution < 1.29 is 27.2 Å². The number of fused-ring (bicyclic) bond motifs is 2. The Morgan fingerprint density at radius 1 is 1.09 bits per heavy atom. The summed E-state index contributed by atoms with van der Waals surface area (Å²) in [5, 5.41) is 1.59. The van der Waals surface area contributed by atoms with E-state index in [1.807, 2.05) is 30.3 Å². The smallest absolute Gasteiger partial charge is 0.345 e. The number of piperidine rings is 1. The number of benzene rings is 2. The lowest BCUT2D eigenvalue weighted by Gasteiger charge is -2.38. The zero-order valence-electron chi connectivity index (χ0n) is 17.6. The molecule has 0 aliphatic carbocycles. The number of likely N-dealkylation sites (tertiary alicyclic amines) is 1. The number of rotatable bonds is 5. The summed E-state index contributed by atoms with van der Waals surface area (Å²) in [6.45, 7) is -0.315. The molecule has 1 N–H and O–H groups in total. The first-order chi connectivity index (χ1) is 15.6. The van der Waals surface area contributed by atoms with Gasteiger partial charge in [0.25, 0.3) is 0 Å². The van der Waals surface area contributed by atoms with Gasteiger partial charge in [0.05, 0.1) is 16.1 Å². The van der Waals surface area contributed by atoms with Gasteiger partial charge in [0.15, 0.2) is 0 Å². The molecule has 0 saturated carbocycles. The average molecular weight is 484 g/mol. The van der Waals surface area contributed by atoms with Crippen LogP contribution in [0.3, 0.4) is 0 Å². The summed E-state index contributed by atoms with van der Waals surface area (Å²) >= 11 is 6.30. The van der Waals surface area contributed by atoms with Crippen LogP contribution in [0.1, 0.15) is 24.0 Å². The van der Waals surface area contributed by atoms with Crippen LogP contribution in [0, 0.1) is 5.82 Å². The van der Waals surface area contributed by atoms with Crippen LogP contribution in [0.4, 0.5) is 23.2 Å². The second-order valence-electron chi connectivity index (χ2n) is 8.38. The fourth-order valence-electron chi connectivity index (χ4n) is 4.65. The van der Waals surface area contributed by atoms with E-state index in [0.29, 0.717) is 38.0 Å². The Morgan fingerprint density at radius 2 is 1.76 bits per heavy atom. The predicted octanol–water partition coefficient (Wildman–Crippen LogP) is 4.04. The molecule has 2 aliphatic heterocycles. The zero-order chi connectivity index (χ0) is 23.8. The number of carbonyl (C=O) groups excluding carboxylic acids is 2. The maximum Gasteiger partial charge on any atom is 0.405 e. The molecule has 176 valence electrons. The molecule has 0 radical (unpaired) electrons. The van der Waals surface area contributed by atoms with Crippen molar-refractivity contribution in [2.24, 2.45) is 0 Å². The van der Waals surface area contributed by atoms with Crippen LogP contribution in [-0.4, -0.2) is 49.1 Å².